The molecule has 2 nitrogen and oxygen atoms in total. The summed E-state index contributed by atoms with van der Waals surface area (Å²) in [7, 11) is 0. The lowest BCUT2D eigenvalue weighted by Crippen LogP contribution is -2.03. The van der Waals surface area contributed by atoms with Crippen LogP contribution in [0, 0.1) is 6.92 Å². The van der Waals surface area contributed by atoms with E-state index in [1.54, 1.807) is 0 Å². The molecule has 0 amide bonds. The standard InChI is InChI=1S/C8H10N2/c1-6-5-10-7-3-2-4-9-8(6)7/h2-3,5,9-10H,4H2,1H3. The third-order valence-electron chi connectivity index (χ3n) is 1.79. The largest absolute Gasteiger partial charge is 0.380 e. The number of fused-ring (bicyclic) bond motifs is 1. The third kappa shape index (κ3) is 0.652. The average molecular weight is 134 g/mol. The van der Waals surface area contributed by atoms with E-state index in [1.165, 1.54) is 16.9 Å². The van der Waals surface area contributed by atoms with Crippen LogP contribution < -0.4 is 5.32 Å². The molecular formula is C8H10N2. The van der Waals surface area contributed by atoms with Crippen LogP contribution in [-0.2, 0) is 0 Å². The topological polar surface area (TPSA) is 27.8 Å². The molecule has 0 radical (unpaired) electrons. The maximum atomic E-state index is 3.29. The minimum absolute atomic E-state index is 0.950. The number of hydrogen-bond donors (Lipinski definition) is 2. The zero-order valence-corrected chi connectivity index (χ0v) is 5.94. The van der Waals surface area contributed by atoms with Gasteiger partial charge in [0.1, 0.15) is 0 Å². The Labute approximate surface area is 60.0 Å². The molecule has 2 heteroatoms. The van der Waals surface area contributed by atoms with Gasteiger partial charge >= 0.3 is 0 Å². The SMILES string of the molecule is Cc1c[nH]c2c1NCC=C2. The fourth-order valence-corrected chi connectivity index (χ4v) is 1.25. The lowest BCUT2D eigenvalue weighted by atomic mass is 10.2. The van der Waals surface area contributed by atoms with E-state index in [2.05, 4.69) is 29.4 Å². The van der Waals surface area contributed by atoms with Crippen molar-refractivity contribution in [3.63, 3.8) is 0 Å². The Hall–Kier alpha value is -1.18. The Balaban J connectivity index is 2.57. The second-order valence-electron chi connectivity index (χ2n) is 2.54. The van der Waals surface area contributed by atoms with E-state index >= 15 is 0 Å². The summed E-state index contributed by atoms with van der Waals surface area (Å²) in [5.74, 6) is 0. The molecule has 0 aromatic carbocycles. The Morgan fingerprint density at radius 1 is 1.50 bits per heavy atom. The van der Waals surface area contributed by atoms with Gasteiger partial charge in [-0.15, -0.1) is 0 Å². The average Bonchev–Trinajstić information content (AvgIpc) is 2.34. The van der Waals surface area contributed by atoms with Gasteiger partial charge < -0.3 is 10.3 Å². The molecule has 0 atom stereocenters. The molecule has 0 spiro atoms. The van der Waals surface area contributed by atoms with E-state index in [0.29, 0.717) is 0 Å². The molecule has 0 aliphatic carbocycles. The summed E-state index contributed by atoms with van der Waals surface area (Å²) in [4.78, 5) is 3.18. The molecule has 1 aliphatic heterocycles. The van der Waals surface area contributed by atoms with E-state index in [4.69, 9.17) is 0 Å². The smallest absolute Gasteiger partial charge is 0.0626 e. The molecule has 0 saturated heterocycles. The van der Waals surface area contributed by atoms with Gasteiger partial charge in [-0.25, -0.2) is 0 Å². The Bertz CT molecular complexity index is 271. The molecule has 2 rings (SSSR count). The number of nitrogens with one attached hydrogen (secondary N) is 2. The van der Waals surface area contributed by atoms with Crippen molar-refractivity contribution >= 4 is 11.8 Å². The summed E-state index contributed by atoms with van der Waals surface area (Å²) >= 11 is 0. The van der Waals surface area contributed by atoms with Crippen molar-refractivity contribution in [1.29, 1.82) is 0 Å². The second kappa shape index (κ2) is 1.90. The minimum atomic E-state index is 0.950. The molecule has 10 heavy (non-hydrogen) atoms. The lowest BCUT2D eigenvalue weighted by molar-refractivity contribution is 1.28. The molecule has 2 heterocycles. The molecule has 1 aromatic rings. The molecule has 2 N–H and O–H groups in total. The molecule has 1 aliphatic rings. The van der Waals surface area contributed by atoms with Crippen LogP contribution in [0.25, 0.3) is 6.08 Å². The van der Waals surface area contributed by atoms with Gasteiger partial charge in [0.25, 0.3) is 0 Å². The molecule has 0 fully saturated rings. The highest BCUT2D eigenvalue weighted by atomic mass is 14.9. The molecular weight excluding hydrogens is 124 g/mol. The fraction of sp³-hybridized carbons (Fsp3) is 0.250. The quantitative estimate of drug-likeness (QED) is 0.556. The Morgan fingerprint density at radius 3 is 3.20 bits per heavy atom. The Kier molecular flexibility index (Phi) is 1.07. The van der Waals surface area contributed by atoms with Crippen molar-refractivity contribution in [2.45, 2.75) is 6.92 Å². The third-order valence-corrected chi connectivity index (χ3v) is 1.79. The van der Waals surface area contributed by atoms with Crippen LogP contribution in [0.4, 0.5) is 5.69 Å². The minimum Gasteiger partial charge on any atom is -0.380 e. The molecule has 1 aromatic heterocycles. The zero-order valence-electron chi connectivity index (χ0n) is 5.94. The van der Waals surface area contributed by atoms with Gasteiger partial charge in [0.15, 0.2) is 0 Å². The molecule has 52 valence electrons. The predicted octanol–water partition coefficient (Wildman–Crippen LogP) is 1.76. The second-order valence-corrected chi connectivity index (χ2v) is 2.54. The zero-order chi connectivity index (χ0) is 6.97. The van der Waals surface area contributed by atoms with Crippen molar-refractivity contribution in [3.05, 3.63) is 23.5 Å². The number of hydrogen-bond acceptors (Lipinski definition) is 1. The van der Waals surface area contributed by atoms with E-state index < -0.39 is 0 Å². The van der Waals surface area contributed by atoms with Crippen LogP contribution in [0.5, 0.6) is 0 Å². The van der Waals surface area contributed by atoms with Gasteiger partial charge in [-0.2, -0.15) is 0 Å². The van der Waals surface area contributed by atoms with Crippen molar-refractivity contribution < 1.29 is 0 Å². The van der Waals surface area contributed by atoms with Crippen LogP contribution in [0.1, 0.15) is 11.3 Å². The van der Waals surface area contributed by atoms with E-state index in [1.807, 2.05) is 6.20 Å². The molecule has 0 bridgehead atoms. The van der Waals surface area contributed by atoms with Gasteiger partial charge in [-0.3, -0.25) is 0 Å². The number of aromatic amines is 1. The predicted molar refractivity (Wildman–Crippen MR) is 43.1 cm³/mol. The molecule has 0 unspecified atom stereocenters. The summed E-state index contributed by atoms with van der Waals surface area (Å²) in [6, 6.07) is 0. The summed E-state index contributed by atoms with van der Waals surface area (Å²) in [5, 5.41) is 3.29. The number of anilines is 1. The number of aromatic nitrogens is 1. The fourth-order valence-electron chi connectivity index (χ4n) is 1.25. The highest BCUT2D eigenvalue weighted by molar-refractivity contribution is 5.70. The number of H-pyrrole nitrogens is 1. The lowest BCUT2D eigenvalue weighted by Gasteiger charge is -2.08. The van der Waals surface area contributed by atoms with Gasteiger partial charge in [-0.05, 0) is 18.6 Å². The first-order valence-corrected chi connectivity index (χ1v) is 3.46. The Morgan fingerprint density at radius 2 is 2.40 bits per heavy atom. The van der Waals surface area contributed by atoms with Crippen LogP contribution >= 0.6 is 0 Å². The first kappa shape index (κ1) is 5.59. The highest BCUT2D eigenvalue weighted by Gasteiger charge is 2.06. The summed E-state index contributed by atoms with van der Waals surface area (Å²) < 4.78 is 0. The maximum absolute atomic E-state index is 3.29. The van der Waals surface area contributed by atoms with Crippen LogP contribution in [0.3, 0.4) is 0 Å². The van der Waals surface area contributed by atoms with Crippen LogP contribution in [0.2, 0.25) is 0 Å². The summed E-state index contributed by atoms with van der Waals surface area (Å²) in [6.07, 6.45) is 6.24. The van der Waals surface area contributed by atoms with E-state index in [-0.39, 0.29) is 0 Å². The van der Waals surface area contributed by atoms with Gasteiger partial charge in [-0.1, -0.05) is 6.08 Å². The van der Waals surface area contributed by atoms with Crippen molar-refractivity contribution in [1.82, 2.24) is 4.98 Å². The van der Waals surface area contributed by atoms with Crippen LogP contribution in [0.15, 0.2) is 12.3 Å². The van der Waals surface area contributed by atoms with Crippen molar-refractivity contribution in [2.24, 2.45) is 0 Å². The molecule has 0 saturated carbocycles. The number of rotatable bonds is 0. The number of aryl methyl sites for hydroxylation is 1. The van der Waals surface area contributed by atoms with E-state index in [0.717, 1.165) is 6.54 Å². The van der Waals surface area contributed by atoms with Gasteiger partial charge in [0.2, 0.25) is 0 Å². The van der Waals surface area contributed by atoms with E-state index in [9.17, 15) is 0 Å². The van der Waals surface area contributed by atoms with Crippen molar-refractivity contribution in [3.8, 4) is 0 Å². The summed E-state index contributed by atoms with van der Waals surface area (Å²) in [5.41, 5.74) is 3.74. The highest BCUT2D eigenvalue weighted by Crippen LogP contribution is 2.22. The van der Waals surface area contributed by atoms with Crippen molar-refractivity contribution in [2.75, 3.05) is 11.9 Å². The summed E-state index contributed by atoms with van der Waals surface area (Å²) in [6.45, 7) is 3.05. The van der Waals surface area contributed by atoms with Gasteiger partial charge in [0.05, 0.1) is 11.4 Å². The first-order valence-electron chi connectivity index (χ1n) is 3.46. The van der Waals surface area contributed by atoms with Crippen LogP contribution in [-0.4, -0.2) is 11.5 Å². The normalized spacial score (nSPS) is 14.5. The maximum Gasteiger partial charge on any atom is 0.0626 e. The van der Waals surface area contributed by atoms with Gasteiger partial charge in [0, 0.05) is 12.7 Å². The first-order chi connectivity index (χ1) is 4.88. The monoisotopic (exact) mass is 134 g/mol.